The SMILES string of the molecule is CCc1ccc2c(c1)CNC2(C)C. The number of rotatable bonds is 1. The fourth-order valence-corrected chi connectivity index (χ4v) is 2.03. The molecule has 1 heterocycles. The molecule has 1 heteroatoms. The number of fused-ring (bicyclic) bond motifs is 1. The monoisotopic (exact) mass is 175 g/mol. The summed E-state index contributed by atoms with van der Waals surface area (Å²) < 4.78 is 0. The summed E-state index contributed by atoms with van der Waals surface area (Å²) in [5, 5.41) is 3.51. The number of aryl methyl sites for hydroxylation is 1. The highest BCUT2D eigenvalue weighted by atomic mass is 15.0. The largest absolute Gasteiger partial charge is 0.304 e. The van der Waals surface area contributed by atoms with Crippen molar-refractivity contribution in [2.75, 3.05) is 0 Å². The minimum atomic E-state index is 0.168. The van der Waals surface area contributed by atoms with Crippen LogP contribution < -0.4 is 5.32 Å². The molecule has 1 nitrogen and oxygen atoms in total. The first-order chi connectivity index (χ1) is 6.13. The molecule has 13 heavy (non-hydrogen) atoms. The van der Waals surface area contributed by atoms with Crippen molar-refractivity contribution in [1.82, 2.24) is 5.32 Å². The minimum absolute atomic E-state index is 0.168. The van der Waals surface area contributed by atoms with E-state index in [4.69, 9.17) is 0 Å². The van der Waals surface area contributed by atoms with Gasteiger partial charge in [0.2, 0.25) is 0 Å². The summed E-state index contributed by atoms with van der Waals surface area (Å²) in [4.78, 5) is 0. The van der Waals surface area contributed by atoms with Gasteiger partial charge in [0.05, 0.1) is 0 Å². The van der Waals surface area contributed by atoms with Crippen LogP contribution in [0.25, 0.3) is 0 Å². The van der Waals surface area contributed by atoms with Crippen LogP contribution >= 0.6 is 0 Å². The van der Waals surface area contributed by atoms with Gasteiger partial charge in [0.15, 0.2) is 0 Å². The molecule has 1 aromatic rings. The van der Waals surface area contributed by atoms with E-state index in [1.165, 1.54) is 16.7 Å². The molecule has 0 amide bonds. The molecule has 1 aliphatic rings. The van der Waals surface area contributed by atoms with Crippen LogP contribution in [0.2, 0.25) is 0 Å². The normalized spacial score (nSPS) is 18.7. The molecule has 0 saturated carbocycles. The van der Waals surface area contributed by atoms with Crippen molar-refractivity contribution in [2.45, 2.75) is 39.3 Å². The van der Waals surface area contributed by atoms with Crippen LogP contribution in [0.5, 0.6) is 0 Å². The number of hydrogen-bond acceptors (Lipinski definition) is 1. The maximum Gasteiger partial charge on any atom is 0.0383 e. The van der Waals surface area contributed by atoms with Crippen molar-refractivity contribution in [1.29, 1.82) is 0 Å². The summed E-state index contributed by atoms with van der Waals surface area (Å²) in [5.74, 6) is 0. The molecule has 70 valence electrons. The molecular weight excluding hydrogens is 158 g/mol. The van der Waals surface area contributed by atoms with Crippen molar-refractivity contribution >= 4 is 0 Å². The quantitative estimate of drug-likeness (QED) is 0.691. The zero-order valence-corrected chi connectivity index (χ0v) is 8.65. The lowest BCUT2D eigenvalue weighted by Gasteiger charge is -2.19. The highest BCUT2D eigenvalue weighted by molar-refractivity contribution is 5.39. The molecule has 0 spiro atoms. The Hall–Kier alpha value is -0.820. The maximum absolute atomic E-state index is 3.51. The molecule has 0 unspecified atom stereocenters. The molecule has 0 radical (unpaired) electrons. The van der Waals surface area contributed by atoms with Crippen LogP contribution in [-0.4, -0.2) is 0 Å². The average Bonchev–Trinajstić information content (AvgIpc) is 2.42. The fraction of sp³-hybridized carbons (Fsp3) is 0.500. The number of benzene rings is 1. The first kappa shape index (κ1) is 8.76. The van der Waals surface area contributed by atoms with E-state index in [-0.39, 0.29) is 5.54 Å². The summed E-state index contributed by atoms with van der Waals surface area (Å²) >= 11 is 0. The minimum Gasteiger partial charge on any atom is -0.304 e. The third-order valence-electron chi connectivity index (χ3n) is 2.97. The first-order valence-electron chi connectivity index (χ1n) is 5.01. The Morgan fingerprint density at radius 1 is 1.38 bits per heavy atom. The van der Waals surface area contributed by atoms with Crippen LogP contribution in [0.15, 0.2) is 18.2 Å². The van der Waals surface area contributed by atoms with Crippen molar-refractivity contribution < 1.29 is 0 Å². The molecule has 0 fully saturated rings. The van der Waals surface area contributed by atoms with E-state index in [0.29, 0.717) is 0 Å². The van der Waals surface area contributed by atoms with E-state index in [1.54, 1.807) is 0 Å². The highest BCUT2D eigenvalue weighted by Gasteiger charge is 2.28. The summed E-state index contributed by atoms with van der Waals surface area (Å²) in [6, 6.07) is 6.85. The fourth-order valence-electron chi connectivity index (χ4n) is 2.03. The van der Waals surface area contributed by atoms with E-state index in [9.17, 15) is 0 Å². The van der Waals surface area contributed by atoms with Crippen molar-refractivity contribution in [2.24, 2.45) is 0 Å². The molecule has 0 aromatic heterocycles. The Labute approximate surface area is 80.2 Å². The summed E-state index contributed by atoms with van der Waals surface area (Å²) in [6.07, 6.45) is 1.13. The van der Waals surface area contributed by atoms with Gasteiger partial charge >= 0.3 is 0 Å². The van der Waals surface area contributed by atoms with Gasteiger partial charge in [-0.05, 0) is 37.0 Å². The van der Waals surface area contributed by atoms with Crippen LogP contribution in [0.4, 0.5) is 0 Å². The standard InChI is InChI=1S/C12H17N/c1-4-9-5-6-11-10(7-9)8-13-12(11,2)3/h5-7,13H,4,8H2,1-3H3. The first-order valence-corrected chi connectivity index (χ1v) is 5.01. The lowest BCUT2D eigenvalue weighted by molar-refractivity contribution is 0.442. The average molecular weight is 175 g/mol. The topological polar surface area (TPSA) is 12.0 Å². The third-order valence-corrected chi connectivity index (χ3v) is 2.97. The highest BCUT2D eigenvalue weighted by Crippen LogP contribution is 2.30. The number of nitrogens with one attached hydrogen (secondary N) is 1. The summed E-state index contributed by atoms with van der Waals surface area (Å²) in [5.41, 5.74) is 4.55. The van der Waals surface area contributed by atoms with E-state index >= 15 is 0 Å². The van der Waals surface area contributed by atoms with E-state index in [2.05, 4.69) is 44.3 Å². The summed E-state index contributed by atoms with van der Waals surface area (Å²) in [6.45, 7) is 7.71. The van der Waals surface area contributed by atoms with Gasteiger partial charge in [0.25, 0.3) is 0 Å². The van der Waals surface area contributed by atoms with Gasteiger partial charge < -0.3 is 5.32 Å². The Bertz CT molecular complexity index is 326. The zero-order chi connectivity index (χ0) is 9.47. The molecular formula is C12H17N. The third kappa shape index (κ3) is 1.37. The van der Waals surface area contributed by atoms with Crippen molar-refractivity contribution in [3.8, 4) is 0 Å². The van der Waals surface area contributed by atoms with Crippen LogP contribution in [0.1, 0.15) is 37.5 Å². The molecule has 1 aliphatic heterocycles. The lowest BCUT2D eigenvalue weighted by Crippen LogP contribution is -2.28. The lowest BCUT2D eigenvalue weighted by atomic mass is 9.93. The zero-order valence-electron chi connectivity index (χ0n) is 8.65. The van der Waals surface area contributed by atoms with Gasteiger partial charge in [0, 0.05) is 12.1 Å². The second-order valence-corrected chi connectivity index (χ2v) is 4.32. The Kier molecular flexibility index (Phi) is 1.92. The van der Waals surface area contributed by atoms with Gasteiger partial charge in [0.1, 0.15) is 0 Å². The molecule has 1 aromatic carbocycles. The van der Waals surface area contributed by atoms with Gasteiger partial charge in [-0.2, -0.15) is 0 Å². The summed E-state index contributed by atoms with van der Waals surface area (Å²) in [7, 11) is 0. The van der Waals surface area contributed by atoms with E-state index < -0.39 is 0 Å². The predicted octanol–water partition coefficient (Wildman–Crippen LogP) is 2.59. The second kappa shape index (κ2) is 2.85. The molecule has 1 N–H and O–H groups in total. The molecule has 2 rings (SSSR count). The van der Waals surface area contributed by atoms with E-state index in [1.807, 2.05) is 0 Å². The van der Waals surface area contributed by atoms with Gasteiger partial charge in [-0.15, -0.1) is 0 Å². The molecule has 0 aliphatic carbocycles. The molecule has 0 atom stereocenters. The Morgan fingerprint density at radius 3 is 2.85 bits per heavy atom. The van der Waals surface area contributed by atoms with Crippen LogP contribution in [0, 0.1) is 0 Å². The van der Waals surface area contributed by atoms with E-state index in [0.717, 1.165) is 13.0 Å². The predicted molar refractivity (Wildman–Crippen MR) is 55.7 cm³/mol. The second-order valence-electron chi connectivity index (χ2n) is 4.32. The van der Waals surface area contributed by atoms with Crippen molar-refractivity contribution in [3.63, 3.8) is 0 Å². The van der Waals surface area contributed by atoms with Crippen LogP contribution in [-0.2, 0) is 18.5 Å². The van der Waals surface area contributed by atoms with Gasteiger partial charge in [-0.3, -0.25) is 0 Å². The maximum atomic E-state index is 3.51. The molecule has 0 bridgehead atoms. The number of hydrogen-bond donors (Lipinski definition) is 1. The van der Waals surface area contributed by atoms with Crippen LogP contribution in [0.3, 0.4) is 0 Å². The molecule has 0 saturated heterocycles. The smallest absolute Gasteiger partial charge is 0.0383 e. The van der Waals surface area contributed by atoms with Crippen molar-refractivity contribution in [3.05, 3.63) is 34.9 Å². The van der Waals surface area contributed by atoms with Gasteiger partial charge in [-0.25, -0.2) is 0 Å². The Morgan fingerprint density at radius 2 is 2.15 bits per heavy atom. The Balaban J connectivity index is 2.46. The van der Waals surface area contributed by atoms with Gasteiger partial charge in [-0.1, -0.05) is 25.1 Å².